The highest BCUT2D eigenvalue weighted by Gasteiger charge is 2.38. The highest BCUT2D eigenvalue weighted by atomic mass is 15.2. The lowest BCUT2D eigenvalue weighted by Crippen LogP contribution is -2.31. The Balaban J connectivity index is 0.990. The molecule has 3 aromatic heterocycles. The average molecular weight is 855 g/mol. The second-order valence-corrected chi connectivity index (χ2v) is 17.3. The van der Waals surface area contributed by atoms with Crippen molar-refractivity contribution in [3.63, 3.8) is 0 Å². The van der Waals surface area contributed by atoms with Crippen molar-refractivity contribution in [2.24, 2.45) is 0 Å². The molecule has 0 aliphatic heterocycles. The predicted molar refractivity (Wildman–Crippen MR) is 277 cm³/mol. The van der Waals surface area contributed by atoms with Crippen LogP contribution in [0.1, 0.15) is 22.3 Å². The molecule has 0 atom stereocenters. The second kappa shape index (κ2) is 15.7. The van der Waals surface area contributed by atoms with E-state index in [4.69, 9.17) is 9.97 Å². The van der Waals surface area contributed by atoms with Crippen LogP contribution in [-0.4, -0.2) is 19.1 Å². The predicted octanol–water partition coefficient (Wildman–Crippen LogP) is 15.5. The van der Waals surface area contributed by atoms with Crippen molar-refractivity contribution in [1.29, 1.82) is 0 Å². The monoisotopic (exact) mass is 854 g/mol. The summed E-state index contributed by atoms with van der Waals surface area (Å²) in [6.45, 7) is 0. The van der Waals surface area contributed by atoms with Crippen LogP contribution in [0.5, 0.6) is 0 Å². The second-order valence-electron chi connectivity index (χ2n) is 17.3. The summed E-state index contributed by atoms with van der Waals surface area (Å²) < 4.78 is 4.61. The number of hydrogen-bond acceptors (Lipinski definition) is 2. The molecule has 0 aliphatic rings. The van der Waals surface area contributed by atoms with Gasteiger partial charge in [0.2, 0.25) is 5.95 Å². The third-order valence-corrected chi connectivity index (χ3v) is 13.7. The summed E-state index contributed by atoms with van der Waals surface area (Å²) >= 11 is 0. The number of nitrogens with zero attached hydrogens (tertiary/aromatic N) is 4. The van der Waals surface area contributed by atoms with Crippen LogP contribution in [0.4, 0.5) is 0 Å². The van der Waals surface area contributed by atoms with Gasteiger partial charge in [-0.3, -0.25) is 4.57 Å². The smallest absolute Gasteiger partial charge is 0.235 e. The Hall–Kier alpha value is -8.86. The van der Waals surface area contributed by atoms with Crippen molar-refractivity contribution in [2.45, 2.75) is 5.41 Å². The van der Waals surface area contributed by atoms with Gasteiger partial charge in [0.1, 0.15) is 0 Å². The van der Waals surface area contributed by atoms with Crippen LogP contribution < -0.4 is 0 Å². The molecule has 0 unspecified atom stereocenters. The molecule has 0 bridgehead atoms. The lowest BCUT2D eigenvalue weighted by molar-refractivity contribution is 0.745. The minimum atomic E-state index is -0.598. The summed E-state index contributed by atoms with van der Waals surface area (Å²) in [5.74, 6) is 0.633. The van der Waals surface area contributed by atoms with E-state index >= 15 is 0 Å². The Morgan fingerprint density at radius 3 is 1.31 bits per heavy atom. The van der Waals surface area contributed by atoms with Gasteiger partial charge in [0, 0.05) is 38.2 Å². The van der Waals surface area contributed by atoms with Gasteiger partial charge in [-0.1, -0.05) is 194 Å². The molecular formula is C63H42N4. The van der Waals surface area contributed by atoms with E-state index in [9.17, 15) is 0 Å². The van der Waals surface area contributed by atoms with E-state index in [0.29, 0.717) is 5.95 Å². The number of rotatable bonds is 8. The fraction of sp³-hybridized carbons (Fsp3) is 0.0159. The molecule has 0 aliphatic carbocycles. The fourth-order valence-corrected chi connectivity index (χ4v) is 10.7. The van der Waals surface area contributed by atoms with Gasteiger partial charge in [0.05, 0.1) is 38.7 Å². The van der Waals surface area contributed by atoms with E-state index in [1.54, 1.807) is 0 Å². The number of para-hydroxylation sites is 4. The van der Waals surface area contributed by atoms with Crippen molar-refractivity contribution >= 4 is 54.5 Å². The summed E-state index contributed by atoms with van der Waals surface area (Å²) in [6, 6.07) is 91.7. The van der Waals surface area contributed by atoms with Gasteiger partial charge in [-0.05, 0) is 94.0 Å². The Labute approximate surface area is 388 Å². The molecule has 4 heteroatoms. The maximum absolute atomic E-state index is 5.58. The van der Waals surface area contributed by atoms with Gasteiger partial charge >= 0.3 is 0 Å². The van der Waals surface area contributed by atoms with Crippen molar-refractivity contribution in [3.8, 4) is 34.0 Å². The zero-order valence-corrected chi connectivity index (χ0v) is 36.5. The normalized spacial score (nSPS) is 11.9. The molecule has 10 aromatic carbocycles. The molecule has 0 fully saturated rings. The average Bonchev–Trinajstić information content (AvgIpc) is 3.92. The first kappa shape index (κ1) is 38.6. The minimum Gasteiger partial charge on any atom is -0.309 e. The van der Waals surface area contributed by atoms with Gasteiger partial charge in [-0.25, -0.2) is 9.97 Å². The van der Waals surface area contributed by atoms with Crippen LogP contribution in [0.3, 0.4) is 0 Å². The van der Waals surface area contributed by atoms with Gasteiger partial charge in [0.25, 0.3) is 0 Å². The van der Waals surface area contributed by atoms with Crippen molar-refractivity contribution in [2.75, 3.05) is 0 Å². The number of aromatic nitrogens is 4. The van der Waals surface area contributed by atoms with Gasteiger partial charge < -0.3 is 4.57 Å². The Morgan fingerprint density at radius 1 is 0.284 bits per heavy atom. The molecule has 4 nitrogen and oxygen atoms in total. The lowest BCUT2D eigenvalue weighted by Gasteiger charge is -2.37. The van der Waals surface area contributed by atoms with Crippen LogP contribution in [-0.2, 0) is 5.41 Å². The van der Waals surface area contributed by atoms with E-state index in [0.717, 1.165) is 60.8 Å². The topological polar surface area (TPSA) is 35.6 Å². The maximum atomic E-state index is 5.58. The van der Waals surface area contributed by atoms with Crippen LogP contribution in [0.2, 0.25) is 0 Å². The molecule has 0 amide bonds. The standard InChI is InChI=1S/C63H42N4/c1-5-21-46(22-6-1)63(47-23-7-2-8-24-47,48-25-9-3-10-26-48)49-27-19-20-45(40-49)61-53-32-13-16-33-56(53)64-62(65-61)67-58-35-18-15-31-52(58)55-42-44(37-39-60(55)67)43-36-38-59-54(41-43)51-30-14-17-34-57(51)66(59)50-28-11-4-12-29-50/h1-42H. The van der Waals surface area contributed by atoms with Gasteiger partial charge in [0.15, 0.2) is 0 Å². The first-order valence-electron chi connectivity index (χ1n) is 22.9. The van der Waals surface area contributed by atoms with Crippen LogP contribution in [0.15, 0.2) is 255 Å². The van der Waals surface area contributed by atoms with Crippen molar-refractivity contribution < 1.29 is 0 Å². The Morgan fingerprint density at radius 2 is 0.731 bits per heavy atom. The van der Waals surface area contributed by atoms with Crippen LogP contribution in [0.25, 0.3) is 88.5 Å². The minimum absolute atomic E-state index is 0.598. The van der Waals surface area contributed by atoms with Gasteiger partial charge in [-0.2, -0.15) is 0 Å². The number of hydrogen-bond donors (Lipinski definition) is 0. The maximum Gasteiger partial charge on any atom is 0.235 e. The third-order valence-electron chi connectivity index (χ3n) is 13.7. The van der Waals surface area contributed by atoms with E-state index in [2.05, 4.69) is 264 Å². The molecule has 0 saturated carbocycles. The van der Waals surface area contributed by atoms with Crippen molar-refractivity contribution in [3.05, 3.63) is 277 Å². The third kappa shape index (κ3) is 6.15. The summed E-state index contributed by atoms with van der Waals surface area (Å²) in [7, 11) is 0. The SMILES string of the molecule is c1ccc(-n2c3ccccc3c3cc(-c4ccc5c(c4)c4ccccc4n5-c4nc(-c5cccc(C(c6ccccc6)(c6ccccc6)c6ccccc6)c5)c5ccccc5n4)ccc32)cc1. The zero-order chi connectivity index (χ0) is 44.3. The van der Waals surface area contributed by atoms with E-state index in [1.165, 1.54) is 44.1 Å². The molecule has 3 heterocycles. The Bertz CT molecular complexity index is 3870. The highest BCUT2D eigenvalue weighted by molar-refractivity contribution is 6.12. The molecular weight excluding hydrogens is 813 g/mol. The molecule has 0 N–H and O–H groups in total. The summed E-state index contributed by atoms with van der Waals surface area (Å²) in [4.78, 5) is 10.9. The Kier molecular flexibility index (Phi) is 9.04. The van der Waals surface area contributed by atoms with Crippen LogP contribution in [0, 0.1) is 0 Å². The largest absolute Gasteiger partial charge is 0.309 e. The first-order valence-corrected chi connectivity index (χ1v) is 22.9. The molecule has 0 radical (unpaired) electrons. The summed E-state index contributed by atoms with van der Waals surface area (Å²) in [6.07, 6.45) is 0. The summed E-state index contributed by atoms with van der Waals surface area (Å²) in [5.41, 5.74) is 14.9. The highest BCUT2D eigenvalue weighted by Crippen LogP contribution is 2.46. The number of benzene rings is 10. The van der Waals surface area contributed by atoms with E-state index < -0.39 is 5.41 Å². The fourth-order valence-electron chi connectivity index (χ4n) is 10.7. The molecule has 0 saturated heterocycles. The summed E-state index contributed by atoms with van der Waals surface area (Å²) in [5, 5.41) is 5.77. The molecule has 13 aromatic rings. The van der Waals surface area contributed by atoms with E-state index in [-0.39, 0.29) is 0 Å². The molecule has 314 valence electrons. The quantitative estimate of drug-likeness (QED) is 0.143. The molecule has 67 heavy (non-hydrogen) atoms. The van der Waals surface area contributed by atoms with E-state index in [1.807, 2.05) is 0 Å². The number of fused-ring (bicyclic) bond motifs is 7. The van der Waals surface area contributed by atoms with Crippen molar-refractivity contribution in [1.82, 2.24) is 19.1 Å². The molecule has 0 spiro atoms. The van der Waals surface area contributed by atoms with Crippen LogP contribution >= 0.6 is 0 Å². The van der Waals surface area contributed by atoms with Gasteiger partial charge in [-0.15, -0.1) is 0 Å². The first-order chi connectivity index (χ1) is 33.2. The molecule has 13 rings (SSSR count). The lowest BCUT2D eigenvalue weighted by atomic mass is 9.65. The zero-order valence-electron chi connectivity index (χ0n) is 36.5.